The first-order chi connectivity index (χ1) is 13.1. The lowest BCUT2D eigenvalue weighted by atomic mass is 9.95. The van der Waals surface area contributed by atoms with Gasteiger partial charge in [-0.2, -0.15) is 0 Å². The fourth-order valence-electron chi connectivity index (χ4n) is 4.04. The topological polar surface area (TPSA) is 49.9 Å². The van der Waals surface area contributed by atoms with Gasteiger partial charge in [-0.3, -0.25) is 9.59 Å². The maximum absolute atomic E-state index is 12.6. The molecule has 2 fully saturated rings. The Hall–Kier alpha value is -2.04. The second-order valence-corrected chi connectivity index (χ2v) is 7.82. The zero-order valence-corrected chi connectivity index (χ0v) is 16.7. The number of likely N-dealkylation sites (tertiary alicyclic amines) is 2. The van der Waals surface area contributed by atoms with Crippen LogP contribution in [0.4, 0.5) is 0 Å². The van der Waals surface area contributed by atoms with E-state index in [0.29, 0.717) is 24.9 Å². The van der Waals surface area contributed by atoms with Gasteiger partial charge in [-0.15, -0.1) is 0 Å². The summed E-state index contributed by atoms with van der Waals surface area (Å²) in [5.41, 5.74) is 1.16. The molecule has 148 valence electrons. The normalized spacial score (nSPS) is 19.2. The molecule has 5 nitrogen and oxygen atoms in total. The first kappa shape index (κ1) is 19.7. The molecule has 1 unspecified atom stereocenters. The molecule has 1 aromatic rings. The van der Waals surface area contributed by atoms with Crippen molar-refractivity contribution in [3.63, 3.8) is 0 Å². The fraction of sp³-hybridized carbons (Fsp3) is 0.636. The van der Waals surface area contributed by atoms with Crippen molar-refractivity contribution in [2.75, 3.05) is 32.8 Å². The second kappa shape index (κ2) is 9.25. The maximum Gasteiger partial charge on any atom is 0.260 e. The van der Waals surface area contributed by atoms with E-state index in [1.807, 2.05) is 28.0 Å². The van der Waals surface area contributed by atoms with E-state index in [4.69, 9.17) is 4.74 Å². The molecule has 27 heavy (non-hydrogen) atoms. The number of para-hydroxylation sites is 1. The van der Waals surface area contributed by atoms with Crippen LogP contribution in [0.3, 0.4) is 0 Å². The molecule has 0 bridgehead atoms. The summed E-state index contributed by atoms with van der Waals surface area (Å²) in [5.74, 6) is 1.60. The largest absolute Gasteiger partial charge is 0.483 e. The molecule has 5 heteroatoms. The zero-order chi connectivity index (χ0) is 19.2. The van der Waals surface area contributed by atoms with E-state index >= 15 is 0 Å². The molecule has 0 spiro atoms. The van der Waals surface area contributed by atoms with Gasteiger partial charge >= 0.3 is 0 Å². The van der Waals surface area contributed by atoms with Crippen LogP contribution in [0.5, 0.6) is 5.75 Å². The summed E-state index contributed by atoms with van der Waals surface area (Å²) >= 11 is 0. The van der Waals surface area contributed by atoms with E-state index in [1.54, 1.807) is 0 Å². The summed E-state index contributed by atoms with van der Waals surface area (Å²) in [4.78, 5) is 28.9. The van der Waals surface area contributed by atoms with Crippen LogP contribution in [0.25, 0.3) is 0 Å². The van der Waals surface area contributed by atoms with Gasteiger partial charge in [-0.1, -0.05) is 32.0 Å². The van der Waals surface area contributed by atoms with Crippen LogP contribution in [0.15, 0.2) is 24.3 Å². The Kier molecular flexibility index (Phi) is 6.75. The Bertz CT molecular complexity index is 647. The molecule has 0 N–H and O–H groups in total. The summed E-state index contributed by atoms with van der Waals surface area (Å²) in [6, 6.07) is 7.97. The predicted molar refractivity (Wildman–Crippen MR) is 106 cm³/mol. The van der Waals surface area contributed by atoms with Crippen LogP contribution in [0, 0.1) is 5.92 Å². The Morgan fingerprint density at radius 3 is 2.41 bits per heavy atom. The molecular formula is C22H32N2O3. The number of hydrogen-bond acceptors (Lipinski definition) is 3. The predicted octanol–water partition coefficient (Wildman–Crippen LogP) is 3.44. The van der Waals surface area contributed by atoms with Gasteiger partial charge in [-0.25, -0.2) is 0 Å². The van der Waals surface area contributed by atoms with Crippen molar-refractivity contribution < 1.29 is 14.3 Å². The van der Waals surface area contributed by atoms with Gasteiger partial charge in [0.25, 0.3) is 5.91 Å². The molecule has 3 rings (SSSR count). The van der Waals surface area contributed by atoms with Crippen LogP contribution in [-0.2, 0) is 9.59 Å². The zero-order valence-electron chi connectivity index (χ0n) is 16.7. The summed E-state index contributed by atoms with van der Waals surface area (Å²) < 4.78 is 5.86. The third-order valence-electron chi connectivity index (χ3n) is 6.03. The minimum Gasteiger partial charge on any atom is -0.483 e. The number of amides is 2. The highest BCUT2D eigenvalue weighted by Crippen LogP contribution is 2.28. The number of ether oxygens (including phenoxy) is 1. The molecule has 1 atom stereocenters. The molecule has 0 radical (unpaired) electrons. The van der Waals surface area contributed by atoms with Crippen molar-refractivity contribution in [1.29, 1.82) is 0 Å². The van der Waals surface area contributed by atoms with Crippen molar-refractivity contribution in [2.45, 2.75) is 51.9 Å². The Balaban J connectivity index is 1.48. The molecule has 0 saturated carbocycles. The van der Waals surface area contributed by atoms with E-state index in [0.717, 1.165) is 56.5 Å². The smallest absolute Gasteiger partial charge is 0.260 e. The third kappa shape index (κ3) is 4.82. The van der Waals surface area contributed by atoms with E-state index in [2.05, 4.69) is 19.9 Å². The van der Waals surface area contributed by atoms with Gasteiger partial charge in [0.05, 0.1) is 0 Å². The van der Waals surface area contributed by atoms with Crippen LogP contribution >= 0.6 is 0 Å². The van der Waals surface area contributed by atoms with Gasteiger partial charge in [0, 0.05) is 32.1 Å². The van der Waals surface area contributed by atoms with Crippen LogP contribution < -0.4 is 4.74 Å². The average Bonchev–Trinajstić information content (AvgIpc) is 3.26. The average molecular weight is 373 g/mol. The highest BCUT2D eigenvalue weighted by molar-refractivity contribution is 5.81. The van der Waals surface area contributed by atoms with Crippen LogP contribution in [0.2, 0.25) is 0 Å². The van der Waals surface area contributed by atoms with Gasteiger partial charge in [0.15, 0.2) is 6.61 Å². The fourth-order valence-corrected chi connectivity index (χ4v) is 4.04. The molecular weight excluding hydrogens is 340 g/mol. The summed E-state index contributed by atoms with van der Waals surface area (Å²) in [5, 5.41) is 0. The van der Waals surface area contributed by atoms with Gasteiger partial charge in [-0.05, 0) is 49.7 Å². The van der Waals surface area contributed by atoms with Crippen molar-refractivity contribution in [3.05, 3.63) is 29.8 Å². The van der Waals surface area contributed by atoms with Crippen molar-refractivity contribution >= 4 is 11.8 Å². The van der Waals surface area contributed by atoms with Crippen molar-refractivity contribution in [2.24, 2.45) is 5.92 Å². The standard InChI is InChI=1S/C22H32N2O3/c1-3-17(2)19-8-4-5-9-20(19)27-16-21(25)23-14-10-18(11-15-23)22(26)24-12-6-7-13-24/h4-5,8-9,17-18H,3,6-7,10-16H2,1-2H3. The lowest BCUT2D eigenvalue weighted by Gasteiger charge is -2.33. The lowest BCUT2D eigenvalue weighted by molar-refractivity contribution is -0.140. The molecule has 2 amide bonds. The number of carbonyl (C=O) groups is 2. The van der Waals surface area contributed by atoms with E-state index < -0.39 is 0 Å². The number of benzene rings is 1. The molecule has 2 heterocycles. The highest BCUT2D eigenvalue weighted by Gasteiger charge is 2.31. The van der Waals surface area contributed by atoms with Gasteiger partial charge in [0.2, 0.25) is 5.91 Å². The number of piperidine rings is 1. The number of nitrogens with zero attached hydrogens (tertiary/aromatic N) is 2. The van der Waals surface area contributed by atoms with Crippen molar-refractivity contribution in [3.8, 4) is 5.75 Å². The maximum atomic E-state index is 12.6. The van der Waals surface area contributed by atoms with E-state index in [1.165, 1.54) is 0 Å². The van der Waals surface area contributed by atoms with Gasteiger partial charge in [0.1, 0.15) is 5.75 Å². The first-order valence-corrected chi connectivity index (χ1v) is 10.4. The van der Waals surface area contributed by atoms with Crippen molar-refractivity contribution in [1.82, 2.24) is 9.80 Å². The quantitative estimate of drug-likeness (QED) is 0.769. The SMILES string of the molecule is CCC(C)c1ccccc1OCC(=O)N1CCC(C(=O)N2CCCC2)CC1. The molecule has 0 aromatic heterocycles. The third-order valence-corrected chi connectivity index (χ3v) is 6.03. The number of carbonyl (C=O) groups excluding carboxylic acids is 2. The summed E-state index contributed by atoms with van der Waals surface area (Å²) in [6.07, 6.45) is 4.82. The Morgan fingerprint density at radius 2 is 1.74 bits per heavy atom. The summed E-state index contributed by atoms with van der Waals surface area (Å²) in [6.45, 7) is 7.51. The number of rotatable bonds is 6. The Morgan fingerprint density at radius 1 is 1.07 bits per heavy atom. The minimum atomic E-state index is 0.0148. The van der Waals surface area contributed by atoms with E-state index in [9.17, 15) is 9.59 Å². The minimum absolute atomic E-state index is 0.0148. The summed E-state index contributed by atoms with van der Waals surface area (Å²) in [7, 11) is 0. The highest BCUT2D eigenvalue weighted by atomic mass is 16.5. The monoisotopic (exact) mass is 372 g/mol. The molecule has 2 aliphatic heterocycles. The van der Waals surface area contributed by atoms with E-state index in [-0.39, 0.29) is 18.4 Å². The Labute approximate surface area is 162 Å². The second-order valence-electron chi connectivity index (χ2n) is 7.82. The van der Waals surface area contributed by atoms with Crippen LogP contribution in [0.1, 0.15) is 57.4 Å². The number of hydrogen-bond donors (Lipinski definition) is 0. The van der Waals surface area contributed by atoms with Gasteiger partial charge < -0.3 is 14.5 Å². The first-order valence-electron chi connectivity index (χ1n) is 10.4. The molecule has 0 aliphatic carbocycles. The molecule has 2 saturated heterocycles. The molecule has 1 aromatic carbocycles. The molecule has 2 aliphatic rings. The lowest BCUT2D eigenvalue weighted by Crippen LogP contribution is -2.45. The van der Waals surface area contributed by atoms with Crippen LogP contribution in [-0.4, -0.2) is 54.4 Å².